The molecule has 47 heavy (non-hydrogen) atoms. The van der Waals surface area contributed by atoms with Crippen LogP contribution in [0.1, 0.15) is 70.1 Å². The van der Waals surface area contributed by atoms with E-state index in [1.807, 2.05) is 49.5 Å². The lowest BCUT2D eigenvalue weighted by Crippen LogP contribution is -2.54. The van der Waals surface area contributed by atoms with Gasteiger partial charge in [-0.3, -0.25) is 9.59 Å². The summed E-state index contributed by atoms with van der Waals surface area (Å²) in [5.41, 5.74) is 1.05. The summed E-state index contributed by atoms with van der Waals surface area (Å²) in [6.07, 6.45) is 7.25. The quantitative estimate of drug-likeness (QED) is 0.375. The van der Waals surface area contributed by atoms with E-state index in [4.69, 9.17) is 24.3 Å². The number of nitrogens with zero attached hydrogens (tertiary/aromatic N) is 4. The fraction of sp³-hybridized carbons (Fsp3) is 0.514. The molecule has 0 spiro atoms. The van der Waals surface area contributed by atoms with Crippen LogP contribution in [-0.4, -0.2) is 86.6 Å². The van der Waals surface area contributed by atoms with Gasteiger partial charge in [-0.15, -0.1) is 0 Å². The van der Waals surface area contributed by atoms with Gasteiger partial charge in [0.25, 0.3) is 5.91 Å². The number of nitrogens with one attached hydrogen (secondary N) is 1. The summed E-state index contributed by atoms with van der Waals surface area (Å²) < 4.78 is 19.8. The predicted octanol–water partition coefficient (Wildman–Crippen LogP) is 4.31. The number of aryl methyl sites for hydroxylation is 1. The summed E-state index contributed by atoms with van der Waals surface area (Å²) in [5.74, 6) is -0.237. The molecule has 6 rings (SSSR count). The molecule has 1 saturated heterocycles. The standard InChI is InChI=1S/C35H43N5O7/c1-20(2)26-13-14-40(38-26)30-17-29(25-11-12-28(45-5)21(3)31(25)36-30)47-24-16-27-32(41)37-35(34(43)44)18-23(35)10-8-6-7-9-15-46-22(4)33(42)39(27)19-24/h8,10-14,17,20,22-24,27H,6-7,9,15-16,18-19H2,1-5H3,(H,37,41)(H,43,44)/b10-8-/t22-,23-,24-,27+,35-/m1/s1. The van der Waals surface area contributed by atoms with Crippen LogP contribution < -0.4 is 14.8 Å². The maximum Gasteiger partial charge on any atom is 0.330 e. The molecule has 2 fully saturated rings. The minimum atomic E-state index is -1.38. The Morgan fingerprint density at radius 3 is 2.72 bits per heavy atom. The van der Waals surface area contributed by atoms with Crippen molar-refractivity contribution in [3.05, 3.63) is 53.9 Å². The van der Waals surface area contributed by atoms with Crippen molar-refractivity contribution in [3.8, 4) is 17.3 Å². The second kappa shape index (κ2) is 13.0. The van der Waals surface area contributed by atoms with Crippen molar-refractivity contribution in [2.75, 3.05) is 20.3 Å². The van der Waals surface area contributed by atoms with Crippen LogP contribution in [0.5, 0.6) is 11.5 Å². The second-order valence-electron chi connectivity index (χ2n) is 13.1. The highest BCUT2D eigenvalue weighted by atomic mass is 16.5. The molecule has 0 radical (unpaired) electrons. The van der Waals surface area contributed by atoms with Crippen molar-refractivity contribution >= 4 is 28.7 Å². The number of hydrogen-bond donors (Lipinski definition) is 2. The van der Waals surface area contributed by atoms with Gasteiger partial charge in [0.2, 0.25) is 5.91 Å². The molecule has 2 N–H and O–H groups in total. The zero-order chi connectivity index (χ0) is 33.5. The zero-order valence-electron chi connectivity index (χ0n) is 27.6. The van der Waals surface area contributed by atoms with Crippen LogP contribution in [0.2, 0.25) is 0 Å². The highest BCUT2D eigenvalue weighted by Crippen LogP contribution is 2.45. The third-order valence-corrected chi connectivity index (χ3v) is 9.52. The van der Waals surface area contributed by atoms with Gasteiger partial charge in [-0.25, -0.2) is 14.5 Å². The summed E-state index contributed by atoms with van der Waals surface area (Å²) >= 11 is 0. The summed E-state index contributed by atoms with van der Waals surface area (Å²) in [6, 6.07) is 6.58. The first kappa shape index (κ1) is 32.5. The molecule has 250 valence electrons. The van der Waals surface area contributed by atoms with Crippen molar-refractivity contribution in [3.63, 3.8) is 0 Å². The molecule has 2 aromatic heterocycles. The highest BCUT2D eigenvalue weighted by Gasteiger charge is 2.61. The van der Waals surface area contributed by atoms with Gasteiger partial charge < -0.3 is 29.5 Å². The van der Waals surface area contributed by atoms with Gasteiger partial charge in [0.1, 0.15) is 35.3 Å². The van der Waals surface area contributed by atoms with E-state index in [0.717, 1.165) is 35.9 Å². The van der Waals surface area contributed by atoms with Crippen LogP contribution in [0, 0.1) is 12.8 Å². The number of carboxylic acid groups (broad SMARTS) is 1. The smallest absolute Gasteiger partial charge is 0.330 e. The molecule has 0 unspecified atom stereocenters. The molecular weight excluding hydrogens is 602 g/mol. The number of rotatable bonds is 6. The molecule has 2 aliphatic heterocycles. The van der Waals surface area contributed by atoms with E-state index >= 15 is 0 Å². The number of carboxylic acids is 1. The van der Waals surface area contributed by atoms with Gasteiger partial charge in [0.15, 0.2) is 5.82 Å². The second-order valence-corrected chi connectivity index (χ2v) is 13.1. The Bertz CT molecular complexity index is 1720. The van der Waals surface area contributed by atoms with Crippen LogP contribution in [0.4, 0.5) is 0 Å². The van der Waals surface area contributed by atoms with E-state index in [-0.39, 0.29) is 30.7 Å². The average molecular weight is 646 g/mol. The number of hydrogen-bond acceptors (Lipinski definition) is 8. The van der Waals surface area contributed by atoms with E-state index in [2.05, 4.69) is 19.2 Å². The average Bonchev–Trinajstić information content (AvgIpc) is 3.35. The number of amides is 2. The third kappa shape index (κ3) is 6.30. The molecule has 0 bridgehead atoms. The Kier molecular flexibility index (Phi) is 8.97. The first-order valence-electron chi connectivity index (χ1n) is 16.4. The largest absolute Gasteiger partial charge is 0.496 e. The van der Waals surface area contributed by atoms with E-state index in [0.29, 0.717) is 35.9 Å². The van der Waals surface area contributed by atoms with Gasteiger partial charge in [0, 0.05) is 42.2 Å². The molecule has 3 aromatic rings. The van der Waals surface area contributed by atoms with Crippen LogP contribution in [0.3, 0.4) is 0 Å². The Morgan fingerprint density at radius 2 is 2.00 bits per heavy atom. The summed E-state index contributed by atoms with van der Waals surface area (Å²) in [6.45, 7) is 8.30. The number of aromatic nitrogens is 3. The Hall–Kier alpha value is -4.45. The summed E-state index contributed by atoms with van der Waals surface area (Å²) in [5, 5.41) is 18.4. The van der Waals surface area contributed by atoms with Crippen molar-refractivity contribution < 1.29 is 33.7 Å². The summed E-state index contributed by atoms with van der Waals surface area (Å²) in [7, 11) is 1.61. The van der Waals surface area contributed by atoms with Gasteiger partial charge >= 0.3 is 5.97 Å². The normalized spacial score (nSPS) is 27.4. The number of allylic oxidation sites excluding steroid dienone is 1. The number of benzene rings is 1. The molecule has 1 saturated carbocycles. The monoisotopic (exact) mass is 645 g/mol. The van der Waals surface area contributed by atoms with Gasteiger partial charge in [-0.1, -0.05) is 26.0 Å². The molecular formula is C35H43N5O7. The fourth-order valence-electron chi connectivity index (χ4n) is 6.59. The molecule has 2 amide bonds. The van der Waals surface area contributed by atoms with E-state index in [1.165, 1.54) is 4.90 Å². The van der Waals surface area contributed by atoms with Crippen LogP contribution >= 0.6 is 0 Å². The lowest BCUT2D eigenvalue weighted by atomic mass is 10.1. The lowest BCUT2D eigenvalue weighted by molar-refractivity contribution is -0.149. The Balaban J connectivity index is 1.34. The van der Waals surface area contributed by atoms with Gasteiger partial charge in [-0.05, 0) is 63.6 Å². The van der Waals surface area contributed by atoms with Crippen molar-refractivity contribution in [1.82, 2.24) is 25.0 Å². The minimum Gasteiger partial charge on any atom is -0.496 e. The zero-order valence-corrected chi connectivity index (χ0v) is 27.6. The third-order valence-electron chi connectivity index (χ3n) is 9.52. The van der Waals surface area contributed by atoms with Gasteiger partial charge in [0.05, 0.1) is 24.9 Å². The Morgan fingerprint density at radius 1 is 1.19 bits per heavy atom. The molecule has 1 aromatic carbocycles. The minimum absolute atomic E-state index is 0.127. The fourth-order valence-corrected chi connectivity index (χ4v) is 6.59. The van der Waals surface area contributed by atoms with Crippen LogP contribution in [0.25, 0.3) is 16.7 Å². The number of carbonyl (C=O) groups is 3. The molecule has 12 heteroatoms. The van der Waals surface area contributed by atoms with Crippen LogP contribution in [0.15, 0.2) is 42.6 Å². The number of ether oxygens (including phenoxy) is 3. The van der Waals surface area contributed by atoms with E-state index in [1.54, 1.807) is 18.7 Å². The lowest BCUT2D eigenvalue weighted by Gasteiger charge is -2.27. The number of pyridine rings is 1. The van der Waals surface area contributed by atoms with E-state index in [9.17, 15) is 19.5 Å². The number of aliphatic carboxylic acids is 1. The highest BCUT2D eigenvalue weighted by molar-refractivity contribution is 5.95. The topological polar surface area (TPSA) is 145 Å². The van der Waals surface area contributed by atoms with Crippen molar-refractivity contribution in [1.29, 1.82) is 0 Å². The number of carbonyl (C=O) groups excluding carboxylic acids is 2. The predicted molar refractivity (Wildman–Crippen MR) is 174 cm³/mol. The Labute approximate surface area is 274 Å². The molecule has 1 aliphatic carbocycles. The van der Waals surface area contributed by atoms with Crippen molar-refractivity contribution in [2.45, 2.75) is 89.5 Å². The molecule has 5 atom stereocenters. The number of fused-ring (bicyclic) bond motifs is 3. The van der Waals surface area contributed by atoms with Crippen molar-refractivity contribution in [2.24, 2.45) is 5.92 Å². The number of methoxy groups -OCH3 is 1. The molecule has 3 aliphatic rings. The van der Waals surface area contributed by atoms with Crippen LogP contribution in [-0.2, 0) is 19.1 Å². The van der Waals surface area contributed by atoms with Gasteiger partial charge in [-0.2, -0.15) is 5.10 Å². The molecule has 12 nitrogen and oxygen atoms in total. The summed E-state index contributed by atoms with van der Waals surface area (Å²) in [4.78, 5) is 46.3. The maximum absolute atomic E-state index is 13.8. The maximum atomic E-state index is 13.8. The first-order valence-corrected chi connectivity index (χ1v) is 16.4. The first-order chi connectivity index (χ1) is 22.5. The molecule has 4 heterocycles. The van der Waals surface area contributed by atoms with E-state index < -0.39 is 35.7 Å². The SMILES string of the molecule is COc1ccc2c(O[C@@H]3C[C@H]4C(=O)N[C@]5(C(=O)O)C[C@H]5/C=C\CCCCO[C@H](C)C(=O)N4C3)cc(-n3ccc(C(C)C)n3)nc2c1C.